The molecule has 5 nitrogen and oxygen atoms in total. The molecule has 1 aliphatic heterocycles. The lowest BCUT2D eigenvalue weighted by Gasteiger charge is -2.24. The summed E-state index contributed by atoms with van der Waals surface area (Å²) >= 11 is 0. The van der Waals surface area contributed by atoms with Crippen molar-refractivity contribution in [1.82, 2.24) is 0 Å². The fourth-order valence-electron chi connectivity index (χ4n) is 2.35. The lowest BCUT2D eigenvalue weighted by molar-refractivity contribution is -0.0476. The van der Waals surface area contributed by atoms with Gasteiger partial charge >= 0.3 is 10.1 Å². The largest absolute Gasteiger partial charge is 0.493 e. The number of hydrogen-bond donors (Lipinski definition) is 0. The van der Waals surface area contributed by atoms with E-state index in [4.69, 9.17) is 13.7 Å². The summed E-state index contributed by atoms with van der Waals surface area (Å²) in [5, 5.41) is 0. The van der Waals surface area contributed by atoms with Crippen LogP contribution in [0.3, 0.4) is 0 Å². The molecule has 1 heterocycles. The van der Waals surface area contributed by atoms with E-state index in [9.17, 15) is 8.42 Å². The van der Waals surface area contributed by atoms with Crippen LogP contribution in [-0.4, -0.2) is 34.0 Å². The van der Waals surface area contributed by atoms with Crippen molar-refractivity contribution in [3.05, 3.63) is 35.9 Å². The van der Waals surface area contributed by atoms with Crippen LogP contribution in [0, 0.1) is 0 Å². The summed E-state index contributed by atoms with van der Waals surface area (Å²) in [5.41, 5.74) is 1.04. The molecule has 0 N–H and O–H groups in total. The van der Waals surface area contributed by atoms with Crippen LogP contribution in [-0.2, 0) is 21.3 Å². The highest BCUT2D eigenvalue weighted by atomic mass is 32.2. The molecule has 0 saturated carbocycles. The van der Waals surface area contributed by atoms with E-state index in [1.165, 1.54) is 7.11 Å². The molecule has 24 heavy (non-hydrogen) atoms. The van der Waals surface area contributed by atoms with E-state index in [0.29, 0.717) is 18.3 Å². The van der Waals surface area contributed by atoms with E-state index in [2.05, 4.69) is 12.2 Å². The Kier molecular flexibility index (Phi) is 7.12. The lowest BCUT2D eigenvalue weighted by Crippen LogP contribution is -2.25. The number of rotatable bonds is 10. The summed E-state index contributed by atoms with van der Waals surface area (Å²) in [6.07, 6.45) is 8.80. The molecule has 1 fully saturated rings. The van der Waals surface area contributed by atoms with Gasteiger partial charge in [-0.3, -0.25) is 0 Å². The summed E-state index contributed by atoms with van der Waals surface area (Å²) in [7, 11) is -2.07. The van der Waals surface area contributed by atoms with Gasteiger partial charge in [0.15, 0.2) is 11.5 Å². The molecule has 0 aromatic heterocycles. The Morgan fingerprint density at radius 2 is 2.08 bits per heavy atom. The van der Waals surface area contributed by atoms with Gasteiger partial charge in [0, 0.05) is 6.61 Å². The molecule has 0 radical (unpaired) electrons. The quantitative estimate of drug-likeness (QED) is 0.475. The fraction of sp³-hybridized carbons (Fsp3) is 0.556. The zero-order chi connectivity index (χ0) is 17.4. The minimum Gasteiger partial charge on any atom is -0.493 e. The summed E-state index contributed by atoms with van der Waals surface area (Å²) in [6.45, 7) is 2.81. The Labute approximate surface area is 144 Å². The minimum absolute atomic E-state index is 0.0143. The third kappa shape index (κ3) is 5.83. The molecule has 1 aliphatic rings. The van der Waals surface area contributed by atoms with Crippen LogP contribution in [0.15, 0.2) is 30.4 Å². The first-order valence-electron chi connectivity index (χ1n) is 8.39. The highest BCUT2D eigenvalue weighted by molar-refractivity contribution is 7.87. The first kappa shape index (κ1) is 18.8. The predicted octanol–water partition coefficient (Wildman–Crippen LogP) is 3.48. The fourth-order valence-corrected chi connectivity index (χ4v) is 3.48. The Morgan fingerprint density at radius 3 is 2.71 bits per heavy atom. The van der Waals surface area contributed by atoms with E-state index < -0.39 is 10.1 Å². The van der Waals surface area contributed by atoms with Crippen LogP contribution < -0.4 is 8.92 Å². The number of unbranched alkanes of at least 4 members (excludes halogenated alkanes) is 1. The molecule has 0 amide bonds. The zero-order valence-corrected chi connectivity index (χ0v) is 15.2. The third-order valence-electron chi connectivity index (χ3n) is 3.91. The van der Waals surface area contributed by atoms with Crippen LogP contribution in [0.2, 0.25) is 0 Å². The zero-order valence-electron chi connectivity index (χ0n) is 14.4. The predicted molar refractivity (Wildman–Crippen MR) is 94.1 cm³/mol. The summed E-state index contributed by atoms with van der Waals surface area (Å²) in [6, 6.07) is 5.33. The molecule has 2 rings (SSSR count). The van der Waals surface area contributed by atoms with Crippen LogP contribution >= 0.6 is 0 Å². The van der Waals surface area contributed by atoms with Crippen LogP contribution in [0.1, 0.15) is 38.2 Å². The Morgan fingerprint density at radius 1 is 1.29 bits per heavy atom. The second-order valence-electron chi connectivity index (χ2n) is 5.88. The van der Waals surface area contributed by atoms with Crippen molar-refractivity contribution in [1.29, 1.82) is 0 Å². The van der Waals surface area contributed by atoms with Crippen molar-refractivity contribution in [2.75, 3.05) is 19.5 Å². The maximum absolute atomic E-state index is 11.9. The molecular weight excluding hydrogens is 328 g/mol. The molecule has 1 saturated heterocycles. The van der Waals surface area contributed by atoms with E-state index in [1.54, 1.807) is 6.07 Å². The Hall–Kier alpha value is -1.53. The maximum atomic E-state index is 11.9. The number of hydrogen-bond acceptors (Lipinski definition) is 5. The van der Waals surface area contributed by atoms with Gasteiger partial charge in [-0.25, -0.2) is 0 Å². The standard InChI is InChI=1S/C18H26O5S/c1-3-4-13-24(19,20)23-17-10-9-15(14-18(17)21-2)7-5-6-8-16-11-12-22-16/h5-6,9-10,14,16H,3-4,7-8,11-13H2,1-2H3. The van der Waals surface area contributed by atoms with Gasteiger partial charge in [0.2, 0.25) is 0 Å². The van der Waals surface area contributed by atoms with Gasteiger partial charge in [0.25, 0.3) is 0 Å². The first-order chi connectivity index (χ1) is 11.5. The highest BCUT2D eigenvalue weighted by Gasteiger charge is 2.16. The second-order valence-corrected chi connectivity index (χ2v) is 7.57. The summed E-state index contributed by atoms with van der Waals surface area (Å²) < 4.78 is 39.7. The van der Waals surface area contributed by atoms with Crippen molar-refractivity contribution in [2.24, 2.45) is 0 Å². The molecule has 1 atom stereocenters. The SMILES string of the molecule is CCCCS(=O)(=O)Oc1ccc(CC=CCC2CCO2)cc1OC. The number of benzene rings is 1. The molecule has 0 aliphatic carbocycles. The summed E-state index contributed by atoms with van der Waals surface area (Å²) in [4.78, 5) is 0. The molecule has 1 aromatic carbocycles. The molecule has 134 valence electrons. The van der Waals surface area contributed by atoms with Gasteiger partial charge in [-0.15, -0.1) is 0 Å². The van der Waals surface area contributed by atoms with Gasteiger partial charge in [-0.05, 0) is 43.4 Å². The Balaban J connectivity index is 1.96. The second kappa shape index (κ2) is 9.08. The average Bonchev–Trinajstić information content (AvgIpc) is 2.52. The average molecular weight is 354 g/mol. The third-order valence-corrected chi connectivity index (χ3v) is 5.13. The lowest BCUT2D eigenvalue weighted by atomic mass is 10.1. The normalized spacial score (nSPS) is 17.7. The van der Waals surface area contributed by atoms with Gasteiger partial charge in [0.05, 0.1) is 19.0 Å². The van der Waals surface area contributed by atoms with Crippen molar-refractivity contribution < 1.29 is 22.1 Å². The Bertz CT molecular complexity index is 647. The monoisotopic (exact) mass is 354 g/mol. The van der Waals surface area contributed by atoms with Crippen LogP contribution in [0.25, 0.3) is 0 Å². The smallest absolute Gasteiger partial charge is 0.309 e. The van der Waals surface area contributed by atoms with Gasteiger partial charge in [-0.1, -0.05) is 31.6 Å². The minimum atomic E-state index is -3.58. The van der Waals surface area contributed by atoms with Crippen molar-refractivity contribution in [2.45, 2.75) is 45.1 Å². The highest BCUT2D eigenvalue weighted by Crippen LogP contribution is 2.30. The van der Waals surface area contributed by atoms with Crippen LogP contribution in [0.4, 0.5) is 0 Å². The summed E-state index contributed by atoms with van der Waals surface area (Å²) in [5.74, 6) is 0.688. The number of ether oxygens (including phenoxy) is 2. The molecule has 1 aromatic rings. The van der Waals surface area contributed by atoms with Gasteiger partial charge < -0.3 is 13.7 Å². The molecule has 6 heteroatoms. The number of allylic oxidation sites excluding steroid dienone is 1. The number of methoxy groups -OCH3 is 1. The van der Waals surface area contributed by atoms with Crippen molar-refractivity contribution >= 4 is 10.1 Å². The van der Waals surface area contributed by atoms with E-state index >= 15 is 0 Å². The van der Waals surface area contributed by atoms with Crippen molar-refractivity contribution in [3.63, 3.8) is 0 Å². The van der Waals surface area contributed by atoms with E-state index in [-0.39, 0.29) is 11.5 Å². The molecule has 1 unspecified atom stereocenters. The van der Waals surface area contributed by atoms with Crippen LogP contribution in [0.5, 0.6) is 11.5 Å². The molecular formula is C18H26O5S. The van der Waals surface area contributed by atoms with E-state index in [1.807, 2.05) is 19.1 Å². The van der Waals surface area contributed by atoms with Gasteiger partial charge in [0.1, 0.15) is 0 Å². The van der Waals surface area contributed by atoms with Crippen molar-refractivity contribution in [3.8, 4) is 11.5 Å². The van der Waals surface area contributed by atoms with Gasteiger partial charge in [-0.2, -0.15) is 8.42 Å². The van der Waals surface area contributed by atoms with E-state index in [0.717, 1.165) is 37.9 Å². The first-order valence-corrected chi connectivity index (χ1v) is 9.97. The molecule has 0 spiro atoms. The maximum Gasteiger partial charge on any atom is 0.309 e. The topological polar surface area (TPSA) is 61.8 Å². The molecule has 0 bridgehead atoms.